The van der Waals surface area contributed by atoms with Gasteiger partial charge in [0, 0.05) is 11.6 Å². The van der Waals surface area contributed by atoms with Gasteiger partial charge in [0.1, 0.15) is 6.17 Å². The van der Waals surface area contributed by atoms with Crippen molar-refractivity contribution < 1.29 is 4.79 Å². The number of nitrogens with zero attached hydrogens (tertiary/aromatic N) is 1. The van der Waals surface area contributed by atoms with Gasteiger partial charge in [0.25, 0.3) is 0 Å². The average Bonchev–Trinajstić information content (AvgIpc) is 2.78. The number of nitrogens with one attached hydrogen (secondary N) is 1. The lowest BCUT2D eigenvalue weighted by molar-refractivity contribution is -0.130. The van der Waals surface area contributed by atoms with Crippen molar-refractivity contribution in [1.82, 2.24) is 10.2 Å². The number of halogens is 1. The number of benzene rings is 1. The summed E-state index contributed by atoms with van der Waals surface area (Å²) in [6, 6.07) is 7.66. The molecule has 21 heavy (non-hydrogen) atoms. The Hall–Kier alpha value is -0.710. The first-order chi connectivity index (χ1) is 10.0. The first-order valence-electron chi connectivity index (χ1n) is 7.35. The van der Waals surface area contributed by atoms with Gasteiger partial charge in [-0.2, -0.15) is 11.8 Å². The third-order valence-electron chi connectivity index (χ3n) is 3.80. The minimum Gasteiger partial charge on any atom is -0.322 e. The van der Waals surface area contributed by atoms with Crippen LogP contribution in [0.15, 0.2) is 24.3 Å². The highest BCUT2D eigenvalue weighted by atomic mass is 35.5. The van der Waals surface area contributed by atoms with E-state index in [1.165, 1.54) is 0 Å². The predicted octanol–water partition coefficient (Wildman–Crippen LogP) is 3.55. The fourth-order valence-corrected chi connectivity index (χ4v) is 3.20. The van der Waals surface area contributed by atoms with E-state index in [-0.39, 0.29) is 24.0 Å². The van der Waals surface area contributed by atoms with Gasteiger partial charge in [-0.1, -0.05) is 37.6 Å². The van der Waals surface area contributed by atoms with Crippen LogP contribution in [0.5, 0.6) is 0 Å². The fourth-order valence-electron chi connectivity index (χ4n) is 2.65. The van der Waals surface area contributed by atoms with E-state index in [4.69, 9.17) is 11.6 Å². The van der Waals surface area contributed by atoms with Crippen molar-refractivity contribution >= 4 is 29.3 Å². The summed E-state index contributed by atoms with van der Waals surface area (Å²) in [5.74, 6) is 1.58. The van der Waals surface area contributed by atoms with Crippen LogP contribution in [0, 0.1) is 5.92 Å². The zero-order valence-corrected chi connectivity index (χ0v) is 14.4. The van der Waals surface area contributed by atoms with Gasteiger partial charge in [-0.05, 0) is 42.0 Å². The molecule has 3 nitrogen and oxygen atoms in total. The van der Waals surface area contributed by atoms with E-state index in [0.29, 0.717) is 0 Å². The Kier molecular flexibility index (Phi) is 5.97. The van der Waals surface area contributed by atoms with Crippen molar-refractivity contribution in [3.63, 3.8) is 0 Å². The third-order valence-corrected chi connectivity index (χ3v) is 4.75. The van der Waals surface area contributed by atoms with Crippen LogP contribution in [0.1, 0.15) is 32.0 Å². The van der Waals surface area contributed by atoms with E-state index in [0.717, 1.165) is 29.3 Å². The SMILES string of the molecule is CSCCCN1C(=O)C(C(C)C)NC1c1ccc(Cl)cc1. The largest absolute Gasteiger partial charge is 0.322 e. The number of rotatable bonds is 6. The van der Waals surface area contributed by atoms with Gasteiger partial charge in [0.2, 0.25) is 5.91 Å². The Morgan fingerprint density at radius 1 is 1.33 bits per heavy atom. The van der Waals surface area contributed by atoms with E-state index in [2.05, 4.69) is 25.4 Å². The number of hydrogen-bond acceptors (Lipinski definition) is 3. The van der Waals surface area contributed by atoms with Crippen molar-refractivity contribution in [2.75, 3.05) is 18.6 Å². The molecule has 5 heteroatoms. The summed E-state index contributed by atoms with van der Waals surface area (Å²) < 4.78 is 0. The van der Waals surface area contributed by atoms with Crippen molar-refractivity contribution in [1.29, 1.82) is 0 Å². The summed E-state index contributed by atoms with van der Waals surface area (Å²) in [6.45, 7) is 4.96. The molecule has 1 fully saturated rings. The number of hydrogen-bond donors (Lipinski definition) is 1. The molecule has 1 aromatic rings. The maximum absolute atomic E-state index is 12.6. The van der Waals surface area contributed by atoms with E-state index in [1.807, 2.05) is 40.9 Å². The number of thioether (sulfide) groups is 1. The van der Waals surface area contributed by atoms with Crippen LogP contribution in [-0.4, -0.2) is 35.4 Å². The van der Waals surface area contributed by atoms with Crippen LogP contribution in [0.25, 0.3) is 0 Å². The minimum atomic E-state index is -0.0973. The Bertz CT molecular complexity index is 478. The molecule has 1 saturated heterocycles. The summed E-state index contributed by atoms with van der Waals surface area (Å²) >= 11 is 7.78. The van der Waals surface area contributed by atoms with Crippen LogP contribution in [0.4, 0.5) is 0 Å². The van der Waals surface area contributed by atoms with Crippen LogP contribution < -0.4 is 5.32 Å². The third kappa shape index (κ3) is 3.93. The van der Waals surface area contributed by atoms with Gasteiger partial charge in [-0.15, -0.1) is 0 Å². The highest BCUT2D eigenvalue weighted by molar-refractivity contribution is 7.98. The molecule has 0 spiro atoms. The maximum Gasteiger partial charge on any atom is 0.241 e. The Balaban J connectivity index is 2.18. The Morgan fingerprint density at radius 3 is 2.57 bits per heavy atom. The molecule has 0 saturated carbocycles. The Morgan fingerprint density at radius 2 is 2.00 bits per heavy atom. The molecule has 1 aliphatic rings. The number of carbonyl (C=O) groups excluding carboxylic acids is 1. The molecule has 1 N–H and O–H groups in total. The zero-order valence-electron chi connectivity index (χ0n) is 12.8. The summed E-state index contributed by atoms with van der Waals surface area (Å²) in [7, 11) is 0. The van der Waals surface area contributed by atoms with Gasteiger partial charge in [0.15, 0.2) is 0 Å². The second kappa shape index (κ2) is 7.52. The molecule has 116 valence electrons. The standard InChI is InChI=1S/C16H23ClN2OS/c1-11(2)14-16(20)19(9-4-10-21-3)15(18-14)12-5-7-13(17)8-6-12/h5-8,11,14-15,18H,4,9-10H2,1-3H3. The van der Waals surface area contributed by atoms with Crippen molar-refractivity contribution in [3.8, 4) is 0 Å². The molecule has 2 unspecified atom stereocenters. The summed E-state index contributed by atoms with van der Waals surface area (Å²) in [5, 5.41) is 4.20. The first-order valence-corrected chi connectivity index (χ1v) is 9.12. The summed E-state index contributed by atoms with van der Waals surface area (Å²) in [6.07, 6.45) is 3.07. The van der Waals surface area contributed by atoms with Crippen LogP contribution in [0.3, 0.4) is 0 Å². The maximum atomic E-state index is 12.6. The van der Waals surface area contributed by atoms with Crippen LogP contribution >= 0.6 is 23.4 Å². The van der Waals surface area contributed by atoms with Crippen molar-refractivity contribution in [2.24, 2.45) is 5.92 Å². The van der Waals surface area contributed by atoms with E-state index in [9.17, 15) is 4.79 Å². The number of carbonyl (C=O) groups is 1. The van der Waals surface area contributed by atoms with Crippen LogP contribution in [0.2, 0.25) is 5.02 Å². The highest BCUT2D eigenvalue weighted by Gasteiger charge is 2.40. The molecule has 0 aromatic heterocycles. The normalized spacial score (nSPS) is 22.3. The molecular formula is C16H23ClN2OS. The molecule has 0 aliphatic carbocycles. The van der Waals surface area contributed by atoms with E-state index >= 15 is 0 Å². The molecule has 0 radical (unpaired) electrons. The second-order valence-corrected chi connectivity index (χ2v) is 7.14. The van der Waals surface area contributed by atoms with Gasteiger partial charge in [0.05, 0.1) is 6.04 Å². The first kappa shape index (κ1) is 16.7. The minimum absolute atomic E-state index is 0.0379. The molecule has 1 aromatic carbocycles. The van der Waals surface area contributed by atoms with Gasteiger partial charge in [-0.3, -0.25) is 10.1 Å². The molecule has 0 bridgehead atoms. The summed E-state index contributed by atoms with van der Waals surface area (Å²) in [4.78, 5) is 14.6. The number of amides is 1. The van der Waals surface area contributed by atoms with Gasteiger partial charge < -0.3 is 4.90 Å². The average molecular weight is 327 g/mol. The van der Waals surface area contributed by atoms with Crippen molar-refractivity contribution in [3.05, 3.63) is 34.9 Å². The lowest BCUT2D eigenvalue weighted by Crippen LogP contribution is -2.35. The van der Waals surface area contributed by atoms with Crippen LogP contribution in [-0.2, 0) is 4.79 Å². The van der Waals surface area contributed by atoms with E-state index < -0.39 is 0 Å². The fraction of sp³-hybridized carbons (Fsp3) is 0.562. The monoisotopic (exact) mass is 326 g/mol. The quantitative estimate of drug-likeness (QED) is 0.811. The molecule has 1 aliphatic heterocycles. The predicted molar refractivity (Wildman–Crippen MR) is 90.7 cm³/mol. The summed E-state index contributed by atoms with van der Waals surface area (Å²) in [5.41, 5.74) is 1.10. The van der Waals surface area contributed by atoms with Gasteiger partial charge in [-0.25, -0.2) is 0 Å². The lowest BCUT2D eigenvalue weighted by atomic mass is 10.1. The lowest BCUT2D eigenvalue weighted by Gasteiger charge is -2.24. The zero-order chi connectivity index (χ0) is 15.4. The van der Waals surface area contributed by atoms with E-state index in [1.54, 1.807) is 0 Å². The van der Waals surface area contributed by atoms with Gasteiger partial charge >= 0.3 is 0 Å². The molecule has 2 atom stereocenters. The second-order valence-electron chi connectivity index (χ2n) is 5.72. The topological polar surface area (TPSA) is 32.3 Å². The molecule has 1 heterocycles. The Labute approximate surface area is 136 Å². The smallest absolute Gasteiger partial charge is 0.241 e. The highest BCUT2D eigenvalue weighted by Crippen LogP contribution is 2.29. The molecular weight excluding hydrogens is 304 g/mol. The van der Waals surface area contributed by atoms with Crippen molar-refractivity contribution in [2.45, 2.75) is 32.5 Å². The molecule has 2 rings (SSSR count). The molecule has 1 amide bonds.